The predicted octanol–water partition coefficient (Wildman–Crippen LogP) is 18.5. The molecule has 0 saturated carbocycles. The number of anilines is 4. The standard InChI is InChI=1S/C68H53N4O2.Pt/c1-67(2,3)48-35-36-69-63(40-48)72-59-33-29-47(44-19-10-7-11-20-44)37-58(59)55-31-30-51(42-61(55)72)73-52-39-49(68(4,5)6)38-50(41-52)70-43-71(65-60(70)34-32-57-56-25-16-17-28-62(56)74-66(57)65)64-53(45-21-12-8-13-22-45)26-18-27-54(64)46-23-14-9-15-24-46;/h7-40,43H,1-6H3;/q-3;. The Morgan fingerprint density at radius 3 is 1.84 bits per heavy atom. The molecule has 0 saturated heterocycles. The van der Waals surface area contributed by atoms with Crippen molar-refractivity contribution < 1.29 is 30.2 Å². The Labute approximate surface area is 452 Å². The van der Waals surface area contributed by atoms with Gasteiger partial charge >= 0.3 is 0 Å². The van der Waals surface area contributed by atoms with Crippen molar-refractivity contribution in [2.75, 3.05) is 9.80 Å². The van der Waals surface area contributed by atoms with Crippen molar-refractivity contribution in [2.45, 2.75) is 52.4 Å². The fraction of sp³-hybridized carbons (Fsp3) is 0.118. The molecule has 13 rings (SSSR count). The molecular formula is C68H53N4O2Pt-3. The first-order chi connectivity index (χ1) is 35.9. The van der Waals surface area contributed by atoms with E-state index in [1.807, 2.05) is 18.3 Å². The molecule has 12 aromatic rings. The topological polar surface area (TPSA) is 46.7 Å². The van der Waals surface area contributed by atoms with Crippen LogP contribution in [0.15, 0.2) is 211 Å². The number of nitrogens with zero attached hydrogens (tertiary/aromatic N) is 4. The van der Waals surface area contributed by atoms with E-state index < -0.39 is 0 Å². The molecule has 0 amide bonds. The summed E-state index contributed by atoms with van der Waals surface area (Å²) in [5.41, 5.74) is 16.1. The van der Waals surface area contributed by atoms with Crippen LogP contribution in [0.5, 0.6) is 11.5 Å². The minimum absolute atomic E-state index is 0. The van der Waals surface area contributed by atoms with E-state index in [4.69, 9.17) is 14.1 Å². The number of ether oxygens (including phenoxy) is 1. The summed E-state index contributed by atoms with van der Waals surface area (Å²) >= 11 is 0. The third-order valence-corrected chi connectivity index (χ3v) is 14.4. The molecule has 0 bridgehead atoms. The van der Waals surface area contributed by atoms with Crippen molar-refractivity contribution in [3.05, 3.63) is 236 Å². The minimum Gasteiger partial charge on any atom is -0.509 e. The Morgan fingerprint density at radius 2 is 1.15 bits per heavy atom. The van der Waals surface area contributed by atoms with Gasteiger partial charge < -0.3 is 23.5 Å². The Kier molecular flexibility index (Phi) is 11.9. The van der Waals surface area contributed by atoms with Crippen LogP contribution in [-0.2, 0) is 31.9 Å². The predicted molar refractivity (Wildman–Crippen MR) is 305 cm³/mol. The summed E-state index contributed by atoms with van der Waals surface area (Å²) in [7, 11) is 0. The first-order valence-electron chi connectivity index (χ1n) is 25.3. The van der Waals surface area contributed by atoms with Crippen LogP contribution < -0.4 is 14.5 Å². The molecule has 0 aliphatic carbocycles. The van der Waals surface area contributed by atoms with Crippen molar-refractivity contribution in [2.24, 2.45) is 0 Å². The minimum atomic E-state index is -0.242. The molecule has 0 spiro atoms. The summed E-state index contributed by atoms with van der Waals surface area (Å²) in [5.74, 6) is 1.99. The molecule has 0 radical (unpaired) electrons. The van der Waals surface area contributed by atoms with Gasteiger partial charge in [0, 0.05) is 77.6 Å². The number of aromatic nitrogens is 2. The van der Waals surface area contributed by atoms with Gasteiger partial charge in [0.1, 0.15) is 11.4 Å². The quantitative estimate of drug-likeness (QED) is 0.142. The summed E-state index contributed by atoms with van der Waals surface area (Å²) < 4.78 is 16.2. The van der Waals surface area contributed by atoms with Crippen molar-refractivity contribution in [3.63, 3.8) is 0 Å². The molecule has 4 heterocycles. The van der Waals surface area contributed by atoms with Crippen LogP contribution in [0.1, 0.15) is 52.7 Å². The van der Waals surface area contributed by atoms with E-state index in [0.717, 1.165) is 111 Å². The normalized spacial score (nSPS) is 12.7. The molecule has 9 aromatic carbocycles. The molecular weight excluding hydrogens is 1100 g/mol. The van der Waals surface area contributed by atoms with Gasteiger partial charge in [0.2, 0.25) is 0 Å². The molecule has 0 fully saturated rings. The van der Waals surface area contributed by atoms with Crippen LogP contribution in [0.2, 0.25) is 0 Å². The summed E-state index contributed by atoms with van der Waals surface area (Å²) in [6.45, 7) is 15.6. The zero-order chi connectivity index (χ0) is 50.3. The SMILES string of the molecule is CC(C)(C)c1cc(Oc2[c-]c3c(cc2)c2cc(-c4ccccc4)ccc2n3-c2cc(C(C)(C)C)ccn2)[c-]c(N2[CH-]N(c3c(-c4ccccc4)cccc3-c3ccccc3)c3c2ccc2c3oc3ccccc32)c1.[Pt]. The fourth-order valence-electron chi connectivity index (χ4n) is 10.6. The van der Waals surface area contributed by atoms with Crippen molar-refractivity contribution >= 4 is 66.5 Å². The van der Waals surface area contributed by atoms with E-state index in [0.29, 0.717) is 11.5 Å². The van der Waals surface area contributed by atoms with Gasteiger partial charge in [0.05, 0.1) is 5.69 Å². The molecule has 370 valence electrons. The molecule has 1 aliphatic rings. The second-order valence-corrected chi connectivity index (χ2v) is 21.3. The van der Waals surface area contributed by atoms with E-state index in [-0.39, 0.29) is 31.9 Å². The van der Waals surface area contributed by atoms with Gasteiger partial charge in [-0.1, -0.05) is 187 Å². The monoisotopic (exact) mass is 1150 g/mol. The Morgan fingerprint density at radius 1 is 0.493 bits per heavy atom. The molecule has 0 unspecified atom stereocenters. The Bertz CT molecular complexity index is 4050. The maximum Gasteiger partial charge on any atom is 0.158 e. The number of benzene rings is 9. The number of furan rings is 1. The van der Waals surface area contributed by atoms with Crippen LogP contribution in [0.25, 0.3) is 82.9 Å². The second kappa shape index (κ2) is 18.6. The van der Waals surface area contributed by atoms with Crippen molar-refractivity contribution in [1.82, 2.24) is 9.55 Å². The number of para-hydroxylation sites is 2. The van der Waals surface area contributed by atoms with Crippen LogP contribution in [0, 0.1) is 18.8 Å². The first-order valence-corrected chi connectivity index (χ1v) is 25.3. The number of hydrogen-bond acceptors (Lipinski definition) is 5. The van der Waals surface area contributed by atoms with Crippen LogP contribution >= 0.6 is 0 Å². The Balaban J connectivity index is 0.00000569. The maximum absolute atomic E-state index is 7.03. The zero-order valence-electron chi connectivity index (χ0n) is 42.6. The average molecular weight is 1150 g/mol. The number of hydrogen-bond donors (Lipinski definition) is 0. The van der Waals surface area contributed by atoms with Gasteiger partial charge in [-0.3, -0.25) is 0 Å². The maximum atomic E-state index is 7.03. The van der Waals surface area contributed by atoms with Gasteiger partial charge in [0.15, 0.2) is 5.58 Å². The fourth-order valence-corrected chi connectivity index (χ4v) is 10.6. The summed E-state index contributed by atoms with van der Waals surface area (Å²) in [4.78, 5) is 9.55. The average Bonchev–Trinajstić information content (AvgIpc) is 4.11. The van der Waals surface area contributed by atoms with E-state index >= 15 is 0 Å². The van der Waals surface area contributed by atoms with Crippen LogP contribution in [0.4, 0.5) is 22.7 Å². The molecule has 1 aliphatic heterocycles. The largest absolute Gasteiger partial charge is 0.509 e. The summed E-state index contributed by atoms with van der Waals surface area (Å²) in [5, 5.41) is 4.30. The summed E-state index contributed by atoms with van der Waals surface area (Å²) in [6, 6.07) is 78.2. The van der Waals surface area contributed by atoms with Gasteiger partial charge in [-0.2, -0.15) is 6.07 Å². The van der Waals surface area contributed by atoms with Crippen molar-refractivity contribution in [1.29, 1.82) is 0 Å². The van der Waals surface area contributed by atoms with Gasteiger partial charge in [0.25, 0.3) is 0 Å². The first kappa shape index (κ1) is 47.8. The smallest absolute Gasteiger partial charge is 0.158 e. The third kappa shape index (κ3) is 8.48. The summed E-state index contributed by atoms with van der Waals surface area (Å²) in [6.07, 6.45) is 1.91. The number of rotatable bonds is 8. The van der Waals surface area contributed by atoms with Crippen LogP contribution in [0.3, 0.4) is 0 Å². The third-order valence-electron chi connectivity index (χ3n) is 14.4. The molecule has 7 heteroatoms. The zero-order valence-corrected chi connectivity index (χ0v) is 44.9. The molecule has 0 atom stereocenters. The second-order valence-electron chi connectivity index (χ2n) is 21.3. The Hall–Kier alpha value is -8.18. The van der Waals surface area contributed by atoms with E-state index in [9.17, 15) is 0 Å². The van der Waals surface area contributed by atoms with Gasteiger partial charge in [-0.15, -0.1) is 53.6 Å². The molecule has 3 aromatic heterocycles. The number of fused-ring (bicyclic) bond motifs is 8. The van der Waals surface area contributed by atoms with Gasteiger partial charge in [-0.25, -0.2) is 4.98 Å². The van der Waals surface area contributed by atoms with Crippen LogP contribution in [-0.4, -0.2) is 9.55 Å². The van der Waals surface area contributed by atoms with E-state index in [1.165, 1.54) is 5.56 Å². The van der Waals surface area contributed by atoms with Crippen molar-refractivity contribution in [3.8, 4) is 50.7 Å². The number of pyridine rings is 1. The van der Waals surface area contributed by atoms with Gasteiger partial charge in [-0.05, 0) is 80.4 Å². The van der Waals surface area contributed by atoms with E-state index in [2.05, 4.69) is 263 Å². The molecule has 75 heavy (non-hydrogen) atoms. The molecule has 0 N–H and O–H groups in total. The molecule has 6 nitrogen and oxygen atoms in total. The van der Waals surface area contributed by atoms with E-state index in [1.54, 1.807) is 0 Å².